The number of esters is 3. The Morgan fingerprint density at radius 1 is 1.00 bits per heavy atom. The first-order chi connectivity index (χ1) is 17.5. The van der Waals surface area contributed by atoms with Gasteiger partial charge in [-0.25, -0.2) is 14.4 Å². The minimum Gasteiger partial charge on any atom is -0.463 e. The van der Waals surface area contributed by atoms with E-state index in [2.05, 4.69) is 0 Å². The van der Waals surface area contributed by atoms with Gasteiger partial charge in [0.15, 0.2) is 6.10 Å². The number of hydrogen-bond acceptors (Lipinski definition) is 10. The number of rotatable bonds is 0. The van der Waals surface area contributed by atoms with E-state index >= 15 is 0 Å². The summed E-state index contributed by atoms with van der Waals surface area (Å²) < 4.78 is 29.3. The van der Waals surface area contributed by atoms with Crippen molar-refractivity contribution >= 4 is 17.9 Å². The summed E-state index contributed by atoms with van der Waals surface area (Å²) in [6.45, 7) is 5.67. The summed E-state index contributed by atoms with van der Waals surface area (Å²) >= 11 is 0. The molecule has 3 aliphatic heterocycles. The third-order valence-electron chi connectivity index (χ3n) is 9.22. The zero-order valence-electron chi connectivity index (χ0n) is 21.3. The van der Waals surface area contributed by atoms with Crippen LogP contribution in [-0.2, 0) is 38.1 Å². The van der Waals surface area contributed by atoms with Crippen LogP contribution in [0.3, 0.4) is 0 Å². The van der Waals surface area contributed by atoms with Gasteiger partial charge in [-0.05, 0) is 31.3 Å². The second kappa shape index (κ2) is 9.34. The van der Waals surface area contributed by atoms with E-state index < -0.39 is 64.7 Å². The highest BCUT2D eigenvalue weighted by atomic mass is 16.6. The van der Waals surface area contributed by atoms with Gasteiger partial charge in [0.05, 0.1) is 36.9 Å². The van der Waals surface area contributed by atoms with Crippen LogP contribution in [0.1, 0.15) is 40.0 Å². The van der Waals surface area contributed by atoms with Gasteiger partial charge >= 0.3 is 17.9 Å². The molecular weight excluding hydrogens is 484 g/mol. The molecule has 0 amide bonds. The standard InChI is InChI=1S/C27H34O10/c1-15-8-9-33-21(29)6-4-5-7-22(30)37-18-11-20-27(14-35-27)25(18,3)26(13-34-24(32)23(15)31)12-17(28)16(2)10-19(26)36-20/h4-7,10,15,17-20,23,28,31H,8-9,11-14H2,1-3H3/b6-4-,7-5-/t15-,17-,18-,19-,20-,23+,25-,26-,27-/m1/s1. The third kappa shape index (κ3) is 4.05. The predicted octanol–water partition coefficient (Wildman–Crippen LogP) is 1.14. The molecule has 3 heterocycles. The van der Waals surface area contributed by atoms with Crippen LogP contribution in [0.5, 0.6) is 0 Å². The zero-order chi connectivity index (χ0) is 26.6. The summed E-state index contributed by atoms with van der Waals surface area (Å²) in [6, 6.07) is 0. The summed E-state index contributed by atoms with van der Waals surface area (Å²) in [7, 11) is 0. The average molecular weight is 519 g/mol. The van der Waals surface area contributed by atoms with Crippen LogP contribution in [0.2, 0.25) is 0 Å². The van der Waals surface area contributed by atoms with E-state index in [4.69, 9.17) is 23.7 Å². The Morgan fingerprint density at radius 3 is 2.41 bits per heavy atom. The van der Waals surface area contributed by atoms with Crippen molar-refractivity contribution in [3.8, 4) is 0 Å². The lowest BCUT2D eigenvalue weighted by Crippen LogP contribution is -2.68. The maximum Gasteiger partial charge on any atom is 0.335 e. The number of carbonyl (C=O) groups is 3. The smallest absolute Gasteiger partial charge is 0.335 e. The van der Waals surface area contributed by atoms with E-state index in [1.807, 2.05) is 19.9 Å². The van der Waals surface area contributed by atoms with Crippen molar-refractivity contribution in [2.45, 2.75) is 76.2 Å². The van der Waals surface area contributed by atoms with Gasteiger partial charge in [0, 0.05) is 24.0 Å². The molecule has 0 aromatic heterocycles. The van der Waals surface area contributed by atoms with Crippen LogP contribution in [0.15, 0.2) is 36.0 Å². The molecule has 0 radical (unpaired) electrons. The highest BCUT2D eigenvalue weighted by molar-refractivity contribution is 5.84. The molecule has 10 nitrogen and oxygen atoms in total. The number of hydrogen-bond donors (Lipinski definition) is 2. The Kier molecular flexibility index (Phi) is 6.59. The second-order valence-corrected chi connectivity index (χ2v) is 11.1. The Labute approximate surface area is 215 Å². The monoisotopic (exact) mass is 518 g/mol. The van der Waals surface area contributed by atoms with Crippen LogP contribution in [0.25, 0.3) is 0 Å². The largest absolute Gasteiger partial charge is 0.463 e. The number of epoxide rings is 1. The van der Waals surface area contributed by atoms with Crippen LogP contribution in [0, 0.1) is 16.7 Å². The summed E-state index contributed by atoms with van der Waals surface area (Å²) in [5.41, 5.74) is -1.84. The molecular formula is C27H34O10. The number of allylic oxidation sites excluding steroid dienone is 2. The van der Waals surface area contributed by atoms with Gasteiger partial charge in [0.2, 0.25) is 0 Å². The minimum absolute atomic E-state index is 0.00243. The average Bonchev–Trinajstić information content (AvgIpc) is 3.63. The lowest BCUT2D eigenvalue weighted by atomic mass is 9.51. The van der Waals surface area contributed by atoms with Crippen LogP contribution in [-0.4, -0.2) is 84.1 Å². The fourth-order valence-corrected chi connectivity index (χ4v) is 6.66. The molecule has 0 aromatic rings. The molecule has 2 bridgehead atoms. The number of carbonyl (C=O) groups excluding carboxylic acids is 3. The van der Waals surface area contributed by atoms with Crippen molar-refractivity contribution in [1.29, 1.82) is 0 Å². The quantitative estimate of drug-likeness (QED) is 0.208. The van der Waals surface area contributed by atoms with Crippen LogP contribution < -0.4 is 0 Å². The molecule has 2 aliphatic carbocycles. The lowest BCUT2D eigenvalue weighted by molar-refractivity contribution is -0.240. The SMILES string of the molecule is CC1=C[C@H]2O[C@@H]3C[C@H]4OC(=O)/C=C\C=C/C(=O)OCC[C@@H](C)[C@H](O)C(=O)OC[C@@]2(C[C@H]1O)[C@]4(C)[C@@]31CO1. The number of cyclic esters (lactones) is 2. The fourth-order valence-electron chi connectivity index (χ4n) is 6.66. The molecule has 5 rings (SSSR count). The van der Waals surface area contributed by atoms with Crippen molar-refractivity contribution in [2.24, 2.45) is 16.7 Å². The van der Waals surface area contributed by atoms with Gasteiger partial charge in [-0.2, -0.15) is 0 Å². The predicted molar refractivity (Wildman–Crippen MR) is 127 cm³/mol. The van der Waals surface area contributed by atoms with E-state index in [9.17, 15) is 24.6 Å². The maximum absolute atomic E-state index is 13.0. The van der Waals surface area contributed by atoms with Gasteiger partial charge in [0.25, 0.3) is 0 Å². The molecule has 3 fully saturated rings. The fraction of sp³-hybridized carbons (Fsp3) is 0.667. The van der Waals surface area contributed by atoms with Gasteiger partial charge in [-0.15, -0.1) is 0 Å². The molecule has 2 saturated heterocycles. The van der Waals surface area contributed by atoms with E-state index in [-0.39, 0.29) is 32.2 Å². The van der Waals surface area contributed by atoms with E-state index in [0.717, 1.165) is 5.57 Å². The summed E-state index contributed by atoms with van der Waals surface area (Å²) in [5, 5.41) is 21.6. The Balaban J connectivity index is 1.54. The Bertz CT molecular complexity index is 1060. The molecule has 5 aliphatic rings. The summed E-state index contributed by atoms with van der Waals surface area (Å²) in [5.74, 6) is -2.57. The van der Waals surface area contributed by atoms with Crippen LogP contribution in [0.4, 0.5) is 0 Å². The first-order valence-electron chi connectivity index (χ1n) is 12.8. The first-order valence-corrected chi connectivity index (χ1v) is 12.8. The van der Waals surface area contributed by atoms with E-state index in [1.54, 1.807) is 6.92 Å². The molecule has 0 unspecified atom stereocenters. The van der Waals surface area contributed by atoms with Gasteiger partial charge in [0.1, 0.15) is 18.3 Å². The van der Waals surface area contributed by atoms with E-state index in [0.29, 0.717) is 13.0 Å². The van der Waals surface area contributed by atoms with Gasteiger partial charge in [-0.3, -0.25) is 0 Å². The van der Waals surface area contributed by atoms with Crippen molar-refractivity contribution in [2.75, 3.05) is 19.8 Å². The molecule has 0 aromatic carbocycles. The number of ether oxygens (including phenoxy) is 5. The molecule has 2 N–H and O–H groups in total. The van der Waals surface area contributed by atoms with Crippen molar-refractivity contribution < 1.29 is 48.3 Å². The van der Waals surface area contributed by atoms with Crippen molar-refractivity contribution in [3.05, 3.63) is 36.0 Å². The van der Waals surface area contributed by atoms with Gasteiger partial charge in [-0.1, -0.05) is 32.1 Å². The molecule has 37 heavy (non-hydrogen) atoms. The first kappa shape index (κ1) is 26.1. The zero-order valence-corrected chi connectivity index (χ0v) is 21.3. The molecule has 2 spiro atoms. The topological polar surface area (TPSA) is 141 Å². The van der Waals surface area contributed by atoms with Crippen molar-refractivity contribution in [1.82, 2.24) is 0 Å². The molecule has 10 heteroatoms. The lowest BCUT2D eigenvalue weighted by Gasteiger charge is -2.58. The molecule has 9 atom stereocenters. The normalized spacial score (nSPS) is 47.9. The Hall–Kier alpha value is -2.53. The number of aliphatic hydroxyl groups excluding tert-OH is 2. The van der Waals surface area contributed by atoms with Gasteiger partial charge < -0.3 is 33.9 Å². The number of aliphatic hydroxyl groups is 2. The molecule has 202 valence electrons. The maximum atomic E-state index is 13.0. The summed E-state index contributed by atoms with van der Waals surface area (Å²) in [4.78, 5) is 37.6. The van der Waals surface area contributed by atoms with E-state index in [1.165, 1.54) is 24.3 Å². The molecule has 1 saturated carbocycles. The Morgan fingerprint density at radius 2 is 1.70 bits per heavy atom. The highest BCUT2D eigenvalue weighted by Gasteiger charge is 2.83. The van der Waals surface area contributed by atoms with Crippen LogP contribution >= 0.6 is 0 Å². The minimum atomic E-state index is -1.44. The second-order valence-electron chi connectivity index (χ2n) is 11.1. The third-order valence-corrected chi connectivity index (χ3v) is 9.22. The van der Waals surface area contributed by atoms with Crippen molar-refractivity contribution in [3.63, 3.8) is 0 Å². The highest BCUT2D eigenvalue weighted by Crippen LogP contribution is 2.72. The summed E-state index contributed by atoms with van der Waals surface area (Å²) in [6.07, 6.45) is 4.09.